The fourth-order valence-corrected chi connectivity index (χ4v) is 2.30. The maximum atomic E-state index is 11.6. The number of rotatable bonds is 8. The molecule has 24 heavy (non-hydrogen) atoms. The zero-order valence-corrected chi connectivity index (χ0v) is 14.0. The summed E-state index contributed by atoms with van der Waals surface area (Å²) in [4.78, 5) is 25.2. The van der Waals surface area contributed by atoms with Gasteiger partial charge in [0.2, 0.25) is 0 Å². The topological polar surface area (TPSA) is 101 Å². The van der Waals surface area contributed by atoms with Gasteiger partial charge in [-0.1, -0.05) is 18.2 Å². The second-order valence-corrected chi connectivity index (χ2v) is 5.81. The Morgan fingerprint density at radius 2 is 2.00 bits per heavy atom. The van der Waals surface area contributed by atoms with Crippen LogP contribution < -0.4 is 21.3 Å². The first-order valence-electron chi connectivity index (χ1n) is 7.96. The number of nitrogens with two attached hydrogens (primary N) is 1. The zero-order chi connectivity index (χ0) is 17.5. The van der Waals surface area contributed by atoms with Crippen LogP contribution in [0.3, 0.4) is 0 Å². The molecule has 0 fully saturated rings. The Balaban J connectivity index is 1.72. The summed E-state index contributed by atoms with van der Waals surface area (Å²) in [6.45, 7) is 5.39. The van der Waals surface area contributed by atoms with Crippen molar-refractivity contribution >= 4 is 0 Å². The minimum Gasteiger partial charge on any atom is -0.490 e. The van der Waals surface area contributed by atoms with Gasteiger partial charge in [-0.2, -0.15) is 0 Å². The standard InChI is InChI=1S/C17H23N3O4/c1-12-5-3-4-6-15(12)24-11-14(21)9-18-7-8-20-10-13(2)16(22)19-17(20)23/h3-6,10,14,18,21H,7-9,11H2,1-2H3,(H,19,22,23)/p+1/t14-/m0/s1. The fraction of sp³-hybridized carbons (Fsp3) is 0.412. The van der Waals surface area contributed by atoms with E-state index in [-0.39, 0.29) is 12.2 Å². The van der Waals surface area contributed by atoms with E-state index in [0.29, 0.717) is 25.2 Å². The number of aromatic amines is 1. The van der Waals surface area contributed by atoms with E-state index in [4.69, 9.17) is 4.74 Å². The SMILES string of the molecule is Cc1ccccc1OC[C@@H](O)C[NH2+]CCn1cc(C)c(=O)[nH]c1=O. The van der Waals surface area contributed by atoms with Crippen molar-refractivity contribution in [1.82, 2.24) is 9.55 Å². The molecular formula is C17H24N3O4+. The molecule has 2 rings (SSSR count). The van der Waals surface area contributed by atoms with Crippen LogP contribution in [0, 0.1) is 13.8 Å². The predicted octanol–water partition coefficient (Wildman–Crippen LogP) is -0.843. The highest BCUT2D eigenvalue weighted by Gasteiger charge is 2.09. The summed E-state index contributed by atoms with van der Waals surface area (Å²) in [7, 11) is 0. The molecule has 0 aliphatic carbocycles. The van der Waals surface area contributed by atoms with Crippen LogP contribution in [-0.4, -0.2) is 40.5 Å². The second kappa shape index (κ2) is 8.47. The third-order valence-corrected chi connectivity index (χ3v) is 3.73. The van der Waals surface area contributed by atoms with Gasteiger partial charge in [0, 0.05) is 11.8 Å². The van der Waals surface area contributed by atoms with Gasteiger partial charge < -0.3 is 15.2 Å². The Hall–Kier alpha value is -2.38. The van der Waals surface area contributed by atoms with Gasteiger partial charge in [-0.15, -0.1) is 0 Å². The summed E-state index contributed by atoms with van der Waals surface area (Å²) < 4.78 is 7.06. The Kier molecular flexibility index (Phi) is 6.34. The summed E-state index contributed by atoms with van der Waals surface area (Å²) in [6, 6.07) is 7.66. The molecule has 1 aromatic carbocycles. The van der Waals surface area contributed by atoms with Gasteiger partial charge in [0.05, 0.1) is 13.1 Å². The number of nitrogens with zero attached hydrogens (tertiary/aromatic N) is 1. The lowest BCUT2D eigenvalue weighted by molar-refractivity contribution is -0.662. The minimum absolute atomic E-state index is 0.221. The third-order valence-electron chi connectivity index (χ3n) is 3.73. The molecule has 0 spiro atoms. The summed E-state index contributed by atoms with van der Waals surface area (Å²) in [5, 5.41) is 11.9. The first-order valence-corrected chi connectivity index (χ1v) is 7.96. The average Bonchev–Trinajstić information content (AvgIpc) is 2.55. The molecule has 0 saturated heterocycles. The zero-order valence-electron chi connectivity index (χ0n) is 14.0. The number of hydrogen-bond donors (Lipinski definition) is 3. The summed E-state index contributed by atoms with van der Waals surface area (Å²) in [5.74, 6) is 0.770. The number of quaternary nitrogens is 1. The van der Waals surface area contributed by atoms with Crippen LogP contribution in [-0.2, 0) is 6.54 Å². The Morgan fingerprint density at radius 3 is 2.75 bits per heavy atom. The number of para-hydroxylation sites is 1. The Bertz CT molecular complexity index is 782. The number of ether oxygens (including phenoxy) is 1. The summed E-state index contributed by atoms with van der Waals surface area (Å²) in [6.07, 6.45) is 0.950. The van der Waals surface area contributed by atoms with Crippen LogP contribution in [0.4, 0.5) is 0 Å². The molecule has 0 bridgehead atoms. The highest BCUT2D eigenvalue weighted by molar-refractivity contribution is 5.31. The maximum absolute atomic E-state index is 11.6. The molecule has 0 unspecified atom stereocenters. The quantitative estimate of drug-likeness (QED) is 0.548. The van der Waals surface area contributed by atoms with E-state index in [1.807, 2.05) is 36.5 Å². The third kappa shape index (κ3) is 5.07. The van der Waals surface area contributed by atoms with E-state index in [2.05, 4.69) is 4.98 Å². The molecule has 130 valence electrons. The van der Waals surface area contributed by atoms with Crippen molar-refractivity contribution in [2.24, 2.45) is 0 Å². The number of aliphatic hydroxyl groups is 1. The highest BCUT2D eigenvalue weighted by atomic mass is 16.5. The van der Waals surface area contributed by atoms with Crippen molar-refractivity contribution in [3.05, 3.63) is 62.4 Å². The van der Waals surface area contributed by atoms with Gasteiger partial charge in [-0.3, -0.25) is 14.3 Å². The van der Waals surface area contributed by atoms with Crippen LogP contribution in [0.1, 0.15) is 11.1 Å². The number of aliphatic hydroxyl groups excluding tert-OH is 1. The number of nitrogens with one attached hydrogen (secondary N) is 1. The Labute approximate surface area is 139 Å². The molecule has 2 aromatic rings. The number of aromatic nitrogens is 2. The molecule has 0 amide bonds. The van der Waals surface area contributed by atoms with E-state index >= 15 is 0 Å². The number of H-pyrrole nitrogens is 1. The molecule has 1 atom stereocenters. The van der Waals surface area contributed by atoms with Gasteiger partial charge in [0.1, 0.15) is 25.0 Å². The van der Waals surface area contributed by atoms with Gasteiger partial charge in [0.15, 0.2) is 0 Å². The molecule has 1 aromatic heterocycles. The van der Waals surface area contributed by atoms with E-state index in [1.54, 1.807) is 13.1 Å². The maximum Gasteiger partial charge on any atom is 0.328 e. The first kappa shape index (κ1) is 18.0. The molecule has 0 aliphatic heterocycles. The molecule has 0 saturated carbocycles. The molecule has 0 aliphatic rings. The van der Waals surface area contributed by atoms with Crippen LogP contribution >= 0.6 is 0 Å². The lowest BCUT2D eigenvalue weighted by Gasteiger charge is -2.13. The normalized spacial score (nSPS) is 12.1. The summed E-state index contributed by atoms with van der Waals surface area (Å²) >= 11 is 0. The van der Waals surface area contributed by atoms with E-state index in [9.17, 15) is 14.7 Å². The van der Waals surface area contributed by atoms with Crippen molar-refractivity contribution in [3.63, 3.8) is 0 Å². The van der Waals surface area contributed by atoms with Crippen molar-refractivity contribution in [2.75, 3.05) is 19.7 Å². The van der Waals surface area contributed by atoms with E-state index in [1.165, 1.54) is 4.57 Å². The summed E-state index contributed by atoms with van der Waals surface area (Å²) in [5.41, 5.74) is 0.759. The van der Waals surface area contributed by atoms with Gasteiger partial charge in [-0.05, 0) is 25.5 Å². The first-order chi connectivity index (χ1) is 11.5. The second-order valence-electron chi connectivity index (χ2n) is 5.81. The number of aryl methyl sites for hydroxylation is 2. The van der Waals surface area contributed by atoms with Crippen LogP contribution in [0.15, 0.2) is 40.1 Å². The monoisotopic (exact) mass is 334 g/mol. The molecule has 7 nitrogen and oxygen atoms in total. The van der Waals surface area contributed by atoms with Crippen molar-refractivity contribution in [2.45, 2.75) is 26.5 Å². The molecule has 4 N–H and O–H groups in total. The van der Waals surface area contributed by atoms with Crippen LogP contribution in [0.2, 0.25) is 0 Å². The minimum atomic E-state index is -0.598. The molecule has 7 heteroatoms. The van der Waals surface area contributed by atoms with E-state index < -0.39 is 11.8 Å². The van der Waals surface area contributed by atoms with Gasteiger partial charge in [0.25, 0.3) is 5.56 Å². The van der Waals surface area contributed by atoms with Crippen LogP contribution in [0.5, 0.6) is 5.75 Å². The fourth-order valence-electron chi connectivity index (χ4n) is 2.30. The molecule has 0 radical (unpaired) electrons. The van der Waals surface area contributed by atoms with Crippen LogP contribution in [0.25, 0.3) is 0 Å². The van der Waals surface area contributed by atoms with Crippen molar-refractivity contribution in [1.29, 1.82) is 0 Å². The van der Waals surface area contributed by atoms with Crippen molar-refractivity contribution in [3.8, 4) is 5.75 Å². The number of benzene rings is 1. The van der Waals surface area contributed by atoms with Crippen molar-refractivity contribution < 1.29 is 15.2 Å². The molecular weight excluding hydrogens is 310 g/mol. The average molecular weight is 334 g/mol. The largest absolute Gasteiger partial charge is 0.490 e. The van der Waals surface area contributed by atoms with Gasteiger partial charge in [-0.25, -0.2) is 4.79 Å². The molecule has 1 heterocycles. The smallest absolute Gasteiger partial charge is 0.328 e. The predicted molar refractivity (Wildman–Crippen MR) is 90.4 cm³/mol. The van der Waals surface area contributed by atoms with E-state index in [0.717, 1.165) is 11.3 Å². The number of hydrogen-bond acceptors (Lipinski definition) is 4. The van der Waals surface area contributed by atoms with Gasteiger partial charge >= 0.3 is 5.69 Å². The Morgan fingerprint density at radius 1 is 1.25 bits per heavy atom. The highest BCUT2D eigenvalue weighted by Crippen LogP contribution is 2.15. The lowest BCUT2D eigenvalue weighted by Crippen LogP contribution is -2.87. The lowest BCUT2D eigenvalue weighted by atomic mass is 10.2.